The van der Waals surface area contributed by atoms with Crippen LogP contribution in [-0.2, 0) is 11.0 Å². The van der Waals surface area contributed by atoms with Gasteiger partial charge < -0.3 is 15.5 Å². The molecule has 2 N–H and O–H groups in total. The van der Waals surface area contributed by atoms with E-state index in [1.165, 1.54) is 12.8 Å². The molecule has 0 bridgehead atoms. The number of nitrogens with zero attached hydrogens (tertiary/aromatic N) is 1. The van der Waals surface area contributed by atoms with E-state index in [-0.39, 0.29) is 10.6 Å². The highest BCUT2D eigenvalue weighted by Crippen LogP contribution is 2.32. The smallest absolute Gasteiger partial charge is 0.383 e. The summed E-state index contributed by atoms with van der Waals surface area (Å²) in [7, 11) is 0. The van der Waals surface area contributed by atoms with Gasteiger partial charge in [0, 0.05) is 30.3 Å². The third kappa shape index (κ3) is 7.56. The van der Waals surface area contributed by atoms with Crippen LogP contribution in [0.25, 0.3) is 0 Å². The molecule has 1 amide bonds. The number of hydrogen-bond acceptors (Lipinski definition) is 3. The molecule has 3 rings (SSSR count). The summed E-state index contributed by atoms with van der Waals surface area (Å²) in [5.41, 5.74) is 0.466. The molecule has 2 aromatic carbocycles. The molecular weight excluding hydrogens is 474 g/mol. The Bertz CT molecular complexity index is 1060. The average Bonchev–Trinajstić information content (AvgIpc) is 2.75. The molecule has 176 valence electrons. The van der Waals surface area contributed by atoms with E-state index in [1.54, 1.807) is 18.2 Å². The fourth-order valence-corrected chi connectivity index (χ4v) is 3.92. The standard InChI is InChI=1S/C24H24Cl2F3N3O/c1-16-8-11-32(12-9-16)13-10-30-22-6-5-19(15-21(22)26)31-23(33)7-3-17-2-4-18(14-20(17)25)24(27,28)29/h2,4-6,14-16,30H,8-13H2,1H3,(H,31,33). The van der Waals surface area contributed by atoms with Crippen molar-refractivity contribution in [1.82, 2.24) is 4.90 Å². The van der Waals surface area contributed by atoms with Crippen LogP contribution < -0.4 is 10.6 Å². The summed E-state index contributed by atoms with van der Waals surface area (Å²) in [6, 6.07) is 7.86. The molecule has 1 aliphatic heterocycles. The van der Waals surface area contributed by atoms with Crippen LogP contribution in [0.1, 0.15) is 30.9 Å². The number of halogens is 5. The van der Waals surface area contributed by atoms with E-state index >= 15 is 0 Å². The van der Waals surface area contributed by atoms with Gasteiger partial charge in [0.15, 0.2) is 0 Å². The molecule has 33 heavy (non-hydrogen) atoms. The number of alkyl halides is 3. The molecule has 0 radical (unpaired) electrons. The molecule has 1 saturated heterocycles. The van der Waals surface area contributed by atoms with Gasteiger partial charge in [-0.25, -0.2) is 0 Å². The van der Waals surface area contributed by atoms with Crippen LogP contribution in [-0.4, -0.2) is 37.0 Å². The number of carbonyl (C=O) groups is 1. The lowest BCUT2D eigenvalue weighted by molar-refractivity contribution is -0.137. The Morgan fingerprint density at radius 3 is 2.48 bits per heavy atom. The second kappa shape index (κ2) is 11.1. The first kappa shape index (κ1) is 25.2. The highest BCUT2D eigenvalue weighted by molar-refractivity contribution is 6.33. The fourth-order valence-electron chi connectivity index (χ4n) is 3.45. The zero-order valence-corrected chi connectivity index (χ0v) is 19.5. The van der Waals surface area contributed by atoms with Crippen molar-refractivity contribution in [1.29, 1.82) is 0 Å². The molecular formula is C24H24Cl2F3N3O. The lowest BCUT2D eigenvalue weighted by Crippen LogP contribution is -2.36. The highest BCUT2D eigenvalue weighted by Gasteiger charge is 2.30. The van der Waals surface area contributed by atoms with Gasteiger partial charge in [0.1, 0.15) is 0 Å². The zero-order valence-electron chi connectivity index (χ0n) is 18.0. The topological polar surface area (TPSA) is 44.4 Å². The summed E-state index contributed by atoms with van der Waals surface area (Å²) >= 11 is 12.2. The van der Waals surface area contributed by atoms with Crippen LogP contribution in [0, 0.1) is 17.8 Å². The number of benzene rings is 2. The molecule has 1 aliphatic rings. The summed E-state index contributed by atoms with van der Waals surface area (Å²) in [4.78, 5) is 14.5. The van der Waals surface area contributed by atoms with E-state index in [9.17, 15) is 18.0 Å². The quantitative estimate of drug-likeness (QED) is 0.487. The minimum atomic E-state index is -4.50. The van der Waals surface area contributed by atoms with Crippen LogP contribution in [0.5, 0.6) is 0 Å². The van der Waals surface area contributed by atoms with E-state index in [2.05, 4.69) is 34.3 Å². The molecule has 0 unspecified atom stereocenters. The number of nitrogens with one attached hydrogen (secondary N) is 2. The molecule has 0 aliphatic carbocycles. The van der Waals surface area contributed by atoms with Crippen LogP contribution in [0.4, 0.5) is 24.5 Å². The van der Waals surface area contributed by atoms with Gasteiger partial charge in [-0.2, -0.15) is 13.2 Å². The SMILES string of the molecule is CC1CCN(CCNc2ccc(NC(=O)C#Cc3ccc(C(F)(F)F)cc3Cl)cc2Cl)CC1. The first-order chi connectivity index (χ1) is 15.6. The van der Waals surface area contributed by atoms with Crippen LogP contribution in [0.3, 0.4) is 0 Å². The van der Waals surface area contributed by atoms with Gasteiger partial charge >= 0.3 is 12.1 Å². The van der Waals surface area contributed by atoms with Gasteiger partial charge in [0.2, 0.25) is 0 Å². The number of piperidine rings is 1. The van der Waals surface area contributed by atoms with Crippen molar-refractivity contribution in [3.63, 3.8) is 0 Å². The van der Waals surface area contributed by atoms with Crippen molar-refractivity contribution in [2.75, 3.05) is 36.8 Å². The number of likely N-dealkylation sites (tertiary alicyclic amines) is 1. The predicted molar refractivity (Wildman–Crippen MR) is 127 cm³/mol. The average molecular weight is 498 g/mol. The van der Waals surface area contributed by atoms with Crippen molar-refractivity contribution in [3.05, 3.63) is 57.6 Å². The summed E-state index contributed by atoms with van der Waals surface area (Å²) in [5.74, 6) is 4.97. The van der Waals surface area contributed by atoms with Crippen molar-refractivity contribution < 1.29 is 18.0 Å². The van der Waals surface area contributed by atoms with Gasteiger partial charge in [0.05, 0.1) is 21.3 Å². The van der Waals surface area contributed by atoms with Gasteiger partial charge in [-0.1, -0.05) is 36.0 Å². The third-order valence-electron chi connectivity index (χ3n) is 5.45. The number of amides is 1. The molecule has 0 spiro atoms. The maximum absolute atomic E-state index is 12.7. The van der Waals surface area contributed by atoms with Gasteiger partial charge in [0.25, 0.3) is 0 Å². The maximum atomic E-state index is 12.7. The van der Waals surface area contributed by atoms with Crippen LogP contribution in [0.2, 0.25) is 10.0 Å². The summed E-state index contributed by atoms with van der Waals surface area (Å²) in [6.45, 7) is 6.20. The molecule has 4 nitrogen and oxygen atoms in total. The van der Waals surface area contributed by atoms with Crippen molar-refractivity contribution in [2.45, 2.75) is 25.9 Å². The maximum Gasteiger partial charge on any atom is 0.416 e. The van der Waals surface area contributed by atoms with Gasteiger partial charge in [-0.3, -0.25) is 4.79 Å². The normalized spacial score (nSPS) is 15.0. The molecule has 0 aromatic heterocycles. The summed E-state index contributed by atoms with van der Waals surface area (Å²) < 4.78 is 38.1. The highest BCUT2D eigenvalue weighted by atomic mass is 35.5. The zero-order chi connectivity index (χ0) is 24.0. The van der Waals surface area contributed by atoms with Crippen LogP contribution in [0.15, 0.2) is 36.4 Å². The predicted octanol–water partition coefficient (Wildman–Crippen LogP) is 6.15. The van der Waals surface area contributed by atoms with E-state index in [0.717, 1.165) is 56.0 Å². The fraction of sp³-hybridized carbons (Fsp3) is 0.375. The molecule has 0 atom stereocenters. The second-order valence-corrected chi connectivity index (χ2v) is 8.86. The van der Waals surface area contributed by atoms with Crippen LogP contribution >= 0.6 is 23.2 Å². The van der Waals surface area contributed by atoms with Gasteiger partial charge in [-0.05, 0) is 68.2 Å². The molecule has 1 fully saturated rings. The van der Waals surface area contributed by atoms with Crippen molar-refractivity contribution in [2.24, 2.45) is 5.92 Å². The first-order valence-electron chi connectivity index (χ1n) is 10.6. The third-order valence-corrected chi connectivity index (χ3v) is 6.08. The molecule has 9 heteroatoms. The van der Waals surface area contributed by atoms with E-state index in [1.807, 2.05) is 0 Å². The Balaban J connectivity index is 1.53. The number of carbonyl (C=O) groups excluding carboxylic acids is 1. The Labute approximate surface area is 201 Å². The lowest BCUT2D eigenvalue weighted by atomic mass is 9.99. The molecule has 1 heterocycles. The lowest BCUT2D eigenvalue weighted by Gasteiger charge is -2.30. The Morgan fingerprint density at radius 1 is 1.12 bits per heavy atom. The summed E-state index contributed by atoms with van der Waals surface area (Å²) in [6.07, 6.45) is -2.05. The van der Waals surface area contributed by atoms with Gasteiger partial charge in [-0.15, -0.1) is 0 Å². The van der Waals surface area contributed by atoms with Crippen molar-refractivity contribution in [3.8, 4) is 11.8 Å². The Kier molecular flexibility index (Phi) is 8.52. The number of rotatable bonds is 5. The Morgan fingerprint density at radius 2 is 1.85 bits per heavy atom. The second-order valence-electron chi connectivity index (χ2n) is 8.04. The van der Waals surface area contributed by atoms with E-state index in [0.29, 0.717) is 10.7 Å². The Hall–Kier alpha value is -2.40. The van der Waals surface area contributed by atoms with Crippen molar-refractivity contribution >= 4 is 40.5 Å². The van der Waals surface area contributed by atoms with E-state index < -0.39 is 17.6 Å². The minimum absolute atomic E-state index is 0.126. The van der Waals surface area contributed by atoms with E-state index in [4.69, 9.17) is 23.2 Å². The number of hydrogen-bond donors (Lipinski definition) is 2. The molecule has 2 aromatic rings. The largest absolute Gasteiger partial charge is 0.416 e. The summed E-state index contributed by atoms with van der Waals surface area (Å²) in [5, 5.41) is 6.18. The molecule has 0 saturated carbocycles. The first-order valence-corrected chi connectivity index (χ1v) is 11.3. The minimum Gasteiger partial charge on any atom is -0.383 e. The monoisotopic (exact) mass is 497 g/mol. The number of anilines is 2.